The number of hydrogen-bond acceptors (Lipinski definition) is 4. The first-order chi connectivity index (χ1) is 7.49. The third-order valence-corrected chi connectivity index (χ3v) is 3.09. The Kier molecular flexibility index (Phi) is 8.83. The van der Waals surface area contributed by atoms with Crippen molar-refractivity contribution in [2.24, 2.45) is 11.1 Å². The number of sulfonamides is 1. The summed E-state index contributed by atoms with van der Waals surface area (Å²) in [6.07, 6.45) is 2.58. The van der Waals surface area contributed by atoms with Crippen molar-refractivity contribution in [3.63, 3.8) is 0 Å². The summed E-state index contributed by atoms with van der Waals surface area (Å²) in [5, 5.41) is 5.02. The Balaban J connectivity index is 3.77. The van der Waals surface area contributed by atoms with Gasteiger partial charge in [-0.1, -0.05) is 13.3 Å². The molecule has 0 fully saturated rings. The smallest absolute Gasteiger partial charge is 0.209 e. The van der Waals surface area contributed by atoms with Crippen LogP contribution in [0.25, 0.3) is 0 Å². The van der Waals surface area contributed by atoms with E-state index in [1.807, 2.05) is 6.92 Å². The Hall–Kier alpha value is -0.170. The first kappa shape index (κ1) is 15.8. The van der Waals surface area contributed by atoms with Gasteiger partial charge in [0.05, 0.1) is 12.4 Å². The summed E-state index contributed by atoms with van der Waals surface area (Å²) < 4.78 is 32.2. The molecule has 5 nitrogen and oxygen atoms in total. The van der Waals surface area contributed by atoms with Crippen molar-refractivity contribution in [2.45, 2.75) is 26.2 Å². The zero-order valence-corrected chi connectivity index (χ0v) is 11.0. The van der Waals surface area contributed by atoms with Gasteiger partial charge in [-0.15, -0.1) is 0 Å². The normalized spacial score (nSPS) is 13.9. The largest absolute Gasteiger partial charge is 0.385 e. The molecule has 1 unspecified atom stereocenters. The van der Waals surface area contributed by atoms with E-state index in [1.165, 1.54) is 0 Å². The van der Waals surface area contributed by atoms with Crippen molar-refractivity contribution in [1.29, 1.82) is 0 Å². The minimum Gasteiger partial charge on any atom is -0.385 e. The molecule has 0 aromatic carbocycles. The van der Waals surface area contributed by atoms with Crippen LogP contribution in [0.15, 0.2) is 0 Å². The molecule has 0 amide bonds. The SMILES string of the molecule is CCCC(COCCCOC)CS(N)(=O)=O. The third kappa shape index (κ3) is 10.4. The van der Waals surface area contributed by atoms with E-state index in [2.05, 4.69) is 0 Å². The second kappa shape index (κ2) is 8.92. The Labute approximate surface area is 98.4 Å². The standard InChI is InChI=1S/C10H23NO4S/c1-3-5-10(9-16(11,12)13)8-15-7-4-6-14-2/h10H,3-9H2,1-2H3,(H2,11,12,13). The van der Waals surface area contributed by atoms with Gasteiger partial charge in [-0.3, -0.25) is 0 Å². The molecule has 0 saturated carbocycles. The van der Waals surface area contributed by atoms with Gasteiger partial charge in [0.15, 0.2) is 0 Å². The monoisotopic (exact) mass is 253 g/mol. The molecular formula is C10H23NO4S. The van der Waals surface area contributed by atoms with Crippen molar-refractivity contribution in [3.8, 4) is 0 Å². The molecule has 0 aromatic rings. The maximum Gasteiger partial charge on any atom is 0.209 e. The van der Waals surface area contributed by atoms with Crippen LogP contribution < -0.4 is 5.14 Å². The van der Waals surface area contributed by atoms with E-state index in [1.54, 1.807) is 7.11 Å². The Morgan fingerprint density at radius 2 is 2.00 bits per heavy atom. The van der Waals surface area contributed by atoms with Crippen LogP contribution in [0.1, 0.15) is 26.2 Å². The summed E-state index contributed by atoms with van der Waals surface area (Å²) in [7, 11) is -1.76. The van der Waals surface area contributed by atoms with E-state index in [0.717, 1.165) is 19.3 Å². The van der Waals surface area contributed by atoms with Gasteiger partial charge >= 0.3 is 0 Å². The molecule has 0 rings (SSSR count). The van der Waals surface area contributed by atoms with Crippen molar-refractivity contribution in [3.05, 3.63) is 0 Å². The molecular weight excluding hydrogens is 230 g/mol. The number of methoxy groups -OCH3 is 1. The molecule has 2 N–H and O–H groups in total. The molecule has 0 radical (unpaired) electrons. The van der Waals surface area contributed by atoms with Crippen LogP contribution in [-0.4, -0.2) is 41.1 Å². The van der Waals surface area contributed by atoms with E-state index in [4.69, 9.17) is 14.6 Å². The lowest BCUT2D eigenvalue weighted by Gasteiger charge is -2.14. The highest BCUT2D eigenvalue weighted by Crippen LogP contribution is 2.09. The summed E-state index contributed by atoms with van der Waals surface area (Å²) in [4.78, 5) is 0. The van der Waals surface area contributed by atoms with Crippen LogP contribution in [0.3, 0.4) is 0 Å². The maximum absolute atomic E-state index is 11.0. The van der Waals surface area contributed by atoms with Gasteiger partial charge in [0.1, 0.15) is 0 Å². The van der Waals surface area contributed by atoms with Crippen LogP contribution in [0, 0.1) is 5.92 Å². The highest BCUT2D eigenvalue weighted by molar-refractivity contribution is 7.89. The van der Waals surface area contributed by atoms with Crippen LogP contribution in [-0.2, 0) is 19.5 Å². The van der Waals surface area contributed by atoms with Crippen LogP contribution in [0.5, 0.6) is 0 Å². The first-order valence-corrected chi connectivity index (χ1v) is 7.28. The Morgan fingerprint density at radius 3 is 2.50 bits per heavy atom. The van der Waals surface area contributed by atoms with Gasteiger partial charge in [0.2, 0.25) is 10.0 Å². The highest BCUT2D eigenvalue weighted by atomic mass is 32.2. The lowest BCUT2D eigenvalue weighted by Crippen LogP contribution is -2.26. The Bertz CT molecular complexity index is 254. The first-order valence-electron chi connectivity index (χ1n) is 5.56. The van der Waals surface area contributed by atoms with Crippen molar-refractivity contribution in [2.75, 3.05) is 32.7 Å². The van der Waals surface area contributed by atoms with Gasteiger partial charge in [-0.05, 0) is 18.8 Å². The number of rotatable bonds is 10. The molecule has 0 aliphatic carbocycles. The number of hydrogen-bond donors (Lipinski definition) is 1. The zero-order valence-electron chi connectivity index (χ0n) is 10.1. The van der Waals surface area contributed by atoms with E-state index in [0.29, 0.717) is 19.8 Å². The molecule has 0 aliphatic rings. The number of ether oxygens (including phenoxy) is 2. The van der Waals surface area contributed by atoms with Crippen LogP contribution >= 0.6 is 0 Å². The predicted octanol–water partition coefficient (Wildman–Crippen LogP) is 0.744. The topological polar surface area (TPSA) is 78.6 Å². The average molecular weight is 253 g/mol. The zero-order chi connectivity index (χ0) is 12.4. The van der Waals surface area contributed by atoms with Gasteiger partial charge in [-0.2, -0.15) is 0 Å². The molecule has 0 aliphatic heterocycles. The summed E-state index contributed by atoms with van der Waals surface area (Å²) in [5.41, 5.74) is 0. The molecule has 0 aromatic heterocycles. The quantitative estimate of drug-likeness (QED) is 0.583. The number of primary sulfonamides is 1. The summed E-state index contributed by atoms with van der Waals surface area (Å²) in [6, 6.07) is 0. The molecule has 0 saturated heterocycles. The maximum atomic E-state index is 11.0. The predicted molar refractivity (Wildman–Crippen MR) is 63.7 cm³/mol. The molecule has 0 heterocycles. The molecule has 0 spiro atoms. The van der Waals surface area contributed by atoms with Gasteiger partial charge < -0.3 is 9.47 Å². The molecule has 0 bridgehead atoms. The summed E-state index contributed by atoms with van der Waals surface area (Å²) >= 11 is 0. The minimum absolute atomic E-state index is 0.00236. The van der Waals surface area contributed by atoms with E-state index in [-0.39, 0.29) is 11.7 Å². The second-order valence-corrected chi connectivity index (χ2v) is 5.56. The van der Waals surface area contributed by atoms with Gasteiger partial charge in [-0.25, -0.2) is 13.6 Å². The van der Waals surface area contributed by atoms with Crippen LogP contribution in [0.2, 0.25) is 0 Å². The van der Waals surface area contributed by atoms with Gasteiger partial charge in [0, 0.05) is 20.3 Å². The lowest BCUT2D eigenvalue weighted by atomic mass is 10.1. The van der Waals surface area contributed by atoms with E-state index in [9.17, 15) is 8.42 Å². The molecule has 1 atom stereocenters. The Morgan fingerprint density at radius 1 is 1.31 bits per heavy atom. The second-order valence-electron chi connectivity index (χ2n) is 3.91. The molecule has 6 heteroatoms. The molecule has 98 valence electrons. The van der Waals surface area contributed by atoms with Crippen molar-refractivity contribution < 1.29 is 17.9 Å². The highest BCUT2D eigenvalue weighted by Gasteiger charge is 2.15. The van der Waals surface area contributed by atoms with Crippen LogP contribution in [0.4, 0.5) is 0 Å². The average Bonchev–Trinajstić information content (AvgIpc) is 2.15. The minimum atomic E-state index is -3.40. The number of nitrogens with two attached hydrogens (primary N) is 1. The van der Waals surface area contributed by atoms with Crippen molar-refractivity contribution >= 4 is 10.0 Å². The van der Waals surface area contributed by atoms with E-state index >= 15 is 0 Å². The molecule has 16 heavy (non-hydrogen) atoms. The lowest BCUT2D eigenvalue weighted by molar-refractivity contribution is 0.0810. The third-order valence-electron chi connectivity index (χ3n) is 2.16. The summed E-state index contributed by atoms with van der Waals surface area (Å²) in [6.45, 7) is 3.72. The summed E-state index contributed by atoms with van der Waals surface area (Å²) in [5.74, 6) is 0.00743. The van der Waals surface area contributed by atoms with E-state index < -0.39 is 10.0 Å². The van der Waals surface area contributed by atoms with Crippen molar-refractivity contribution in [1.82, 2.24) is 0 Å². The fourth-order valence-electron chi connectivity index (χ4n) is 1.51. The fraction of sp³-hybridized carbons (Fsp3) is 1.00. The fourth-order valence-corrected chi connectivity index (χ4v) is 2.43. The van der Waals surface area contributed by atoms with Gasteiger partial charge in [0.25, 0.3) is 0 Å².